The molecule has 0 saturated heterocycles. The summed E-state index contributed by atoms with van der Waals surface area (Å²) in [7, 11) is -1.85. The number of nitrogens with one attached hydrogen (secondary N) is 3. The molecule has 0 aliphatic heterocycles. The first-order chi connectivity index (χ1) is 14.6. The normalized spacial score (nSPS) is 12.4. The molecular formula is C22H30N4O4S. The summed E-state index contributed by atoms with van der Waals surface area (Å²) in [5, 5.41) is 5.34. The molecule has 0 fully saturated rings. The Labute approximate surface area is 184 Å². The third kappa shape index (κ3) is 7.78. The average molecular weight is 447 g/mol. The number of sulfonamides is 1. The molecule has 2 aromatic rings. The lowest BCUT2D eigenvalue weighted by Gasteiger charge is -2.16. The largest absolute Gasteiger partial charge is 0.351 e. The molecule has 0 radical (unpaired) electrons. The zero-order chi connectivity index (χ0) is 23.0. The van der Waals surface area contributed by atoms with Gasteiger partial charge in [0.05, 0.1) is 10.9 Å². The fraction of sp³-hybridized carbons (Fsp3) is 0.364. The van der Waals surface area contributed by atoms with E-state index < -0.39 is 22.0 Å². The maximum absolute atomic E-state index is 12.5. The highest BCUT2D eigenvalue weighted by Crippen LogP contribution is 2.14. The number of benzene rings is 2. The van der Waals surface area contributed by atoms with Gasteiger partial charge < -0.3 is 15.5 Å². The lowest BCUT2D eigenvalue weighted by Crippen LogP contribution is -2.44. The van der Waals surface area contributed by atoms with Crippen molar-refractivity contribution in [2.75, 3.05) is 18.9 Å². The second-order valence-electron chi connectivity index (χ2n) is 7.42. The smallest absolute Gasteiger partial charge is 0.241 e. The van der Waals surface area contributed by atoms with E-state index in [1.165, 1.54) is 38.1 Å². The summed E-state index contributed by atoms with van der Waals surface area (Å²) in [6.45, 7) is 7.01. The highest BCUT2D eigenvalue weighted by molar-refractivity contribution is 7.89. The lowest BCUT2D eigenvalue weighted by molar-refractivity contribution is -0.122. The third-order valence-electron chi connectivity index (χ3n) is 4.66. The van der Waals surface area contributed by atoms with Crippen LogP contribution in [0.1, 0.15) is 31.9 Å². The molecule has 2 amide bonds. The summed E-state index contributed by atoms with van der Waals surface area (Å²) < 4.78 is 27.5. The molecule has 2 aromatic carbocycles. The van der Waals surface area contributed by atoms with E-state index in [9.17, 15) is 18.0 Å². The number of hydrogen-bond donors (Lipinski definition) is 3. The minimum absolute atomic E-state index is 0.00833. The third-order valence-corrected chi connectivity index (χ3v) is 6.22. The molecular weight excluding hydrogens is 416 g/mol. The zero-order valence-electron chi connectivity index (χ0n) is 18.3. The first-order valence-electron chi connectivity index (χ1n) is 10.0. The Kier molecular flexibility index (Phi) is 8.73. The SMILES string of the molecule is CCN(C)Cc1cccc(CNC(=O)[C@H](C)NS(=O)(=O)c2ccc(NC(C)=O)cc2)c1. The van der Waals surface area contributed by atoms with Crippen LogP contribution >= 0.6 is 0 Å². The van der Waals surface area contributed by atoms with Gasteiger partial charge in [-0.25, -0.2) is 8.42 Å². The quantitative estimate of drug-likeness (QED) is 0.518. The van der Waals surface area contributed by atoms with Crippen LogP contribution in [0, 0.1) is 0 Å². The number of hydrogen-bond acceptors (Lipinski definition) is 5. The maximum Gasteiger partial charge on any atom is 0.241 e. The standard InChI is InChI=1S/C22H30N4O4S/c1-5-26(4)15-19-8-6-7-18(13-19)14-23-22(28)16(2)25-31(29,30)21-11-9-20(10-12-21)24-17(3)27/h6-13,16,25H,5,14-15H2,1-4H3,(H,23,28)(H,24,27)/t16-/m0/s1. The predicted molar refractivity (Wildman–Crippen MR) is 121 cm³/mol. The van der Waals surface area contributed by atoms with Gasteiger partial charge in [0.2, 0.25) is 21.8 Å². The number of rotatable bonds is 10. The summed E-state index contributed by atoms with van der Waals surface area (Å²) in [6.07, 6.45) is 0. The molecule has 9 heteroatoms. The van der Waals surface area contributed by atoms with Gasteiger partial charge in [-0.05, 0) is 55.9 Å². The summed E-state index contributed by atoms with van der Waals surface area (Å²) in [6, 6.07) is 12.7. The highest BCUT2D eigenvalue weighted by Gasteiger charge is 2.22. The fourth-order valence-corrected chi connectivity index (χ4v) is 4.08. The Hall–Kier alpha value is -2.75. The predicted octanol–water partition coefficient (Wildman–Crippen LogP) is 2.08. The molecule has 0 spiro atoms. The van der Waals surface area contributed by atoms with Gasteiger partial charge in [-0.2, -0.15) is 4.72 Å². The van der Waals surface area contributed by atoms with Crippen molar-refractivity contribution >= 4 is 27.5 Å². The van der Waals surface area contributed by atoms with Gasteiger partial charge in [0, 0.05) is 25.7 Å². The first-order valence-corrected chi connectivity index (χ1v) is 11.5. The van der Waals surface area contributed by atoms with Gasteiger partial charge >= 0.3 is 0 Å². The molecule has 0 aliphatic carbocycles. The van der Waals surface area contributed by atoms with Crippen molar-refractivity contribution < 1.29 is 18.0 Å². The topological polar surface area (TPSA) is 108 Å². The van der Waals surface area contributed by atoms with Gasteiger partial charge in [0.15, 0.2) is 0 Å². The van der Waals surface area contributed by atoms with Crippen molar-refractivity contribution in [1.29, 1.82) is 0 Å². The van der Waals surface area contributed by atoms with Crippen molar-refractivity contribution in [3.8, 4) is 0 Å². The number of amides is 2. The molecule has 0 aromatic heterocycles. The Morgan fingerprint density at radius 2 is 1.71 bits per heavy atom. The monoisotopic (exact) mass is 446 g/mol. The molecule has 168 valence electrons. The van der Waals surface area contributed by atoms with Gasteiger partial charge in [0.25, 0.3) is 0 Å². The number of anilines is 1. The zero-order valence-corrected chi connectivity index (χ0v) is 19.1. The van der Waals surface area contributed by atoms with E-state index in [2.05, 4.69) is 27.2 Å². The van der Waals surface area contributed by atoms with Crippen LogP contribution in [0.5, 0.6) is 0 Å². The Bertz CT molecular complexity index is 1010. The van der Waals surface area contributed by atoms with Crippen molar-refractivity contribution in [1.82, 2.24) is 14.9 Å². The van der Waals surface area contributed by atoms with Gasteiger partial charge in [-0.15, -0.1) is 0 Å². The molecule has 0 bridgehead atoms. The molecule has 0 aliphatic rings. The van der Waals surface area contributed by atoms with Crippen LogP contribution in [0.15, 0.2) is 53.4 Å². The van der Waals surface area contributed by atoms with Crippen LogP contribution in [0.2, 0.25) is 0 Å². The van der Waals surface area contributed by atoms with Crippen LogP contribution in [0.4, 0.5) is 5.69 Å². The van der Waals surface area contributed by atoms with Gasteiger partial charge in [-0.3, -0.25) is 9.59 Å². The Morgan fingerprint density at radius 3 is 2.32 bits per heavy atom. The van der Waals surface area contributed by atoms with E-state index in [1.807, 2.05) is 31.3 Å². The second-order valence-corrected chi connectivity index (χ2v) is 9.13. The molecule has 31 heavy (non-hydrogen) atoms. The first kappa shape index (κ1) is 24.5. The van der Waals surface area contributed by atoms with Crippen molar-refractivity contribution in [2.24, 2.45) is 0 Å². The van der Waals surface area contributed by atoms with Crippen LogP contribution in [-0.4, -0.2) is 44.8 Å². The van der Waals surface area contributed by atoms with E-state index in [4.69, 9.17) is 0 Å². The molecule has 8 nitrogen and oxygen atoms in total. The Balaban J connectivity index is 1.94. The number of carbonyl (C=O) groups is 2. The van der Waals surface area contributed by atoms with E-state index in [-0.39, 0.29) is 10.8 Å². The summed E-state index contributed by atoms with van der Waals surface area (Å²) in [4.78, 5) is 25.7. The minimum Gasteiger partial charge on any atom is -0.351 e. The molecule has 0 unspecified atom stereocenters. The van der Waals surface area contributed by atoms with Crippen molar-refractivity contribution in [3.63, 3.8) is 0 Å². The van der Waals surface area contributed by atoms with Crippen LogP contribution in [0.3, 0.4) is 0 Å². The van der Waals surface area contributed by atoms with Crippen LogP contribution in [-0.2, 0) is 32.7 Å². The number of carbonyl (C=O) groups excluding carboxylic acids is 2. The molecule has 2 rings (SSSR count). The van der Waals surface area contributed by atoms with Crippen molar-refractivity contribution in [2.45, 2.75) is 44.8 Å². The summed E-state index contributed by atoms with van der Waals surface area (Å²) in [5.41, 5.74) is 2.58. The maximum atomic E-state index is 12.5. The van der Waals surface area contributed by atoms with E-state index in [0.29, 0.717) is 12.2 Å². The molecule has 1 atom stereocenters. The summed E-state index contributed by atoms with van der Waals surface area (Å²) >= 11 is 0. The minimum atomic E-state index is -3.88. The van der Waals surface area contributed by atoms with Crippen LogP contribution in [0.25, 0.3) is 0 Å². The van der Waals surface area contributed by atoms with E-state index in [1.54, 1.807) is 0 Å². The van der Waals surface area contributed by atoms with Crippen LogP contribution < -0.4 is 15.4 Å². The van der Waals surface area contributed by atoms with E-state index in [0.717, 1.165) is 24.2 Å². The second kappa shape index (κ2) is 11.0. The molecule has 3 N–H and O–H groups in total. The van der Waals surface area contributed by atoms with Crippen molar-refractivity contribution in [3.05, 3.63) is 59.7 Å². The fourth-order valence-electron chi connectivity index (χ4n) is 2.88. The summed E-state index contributed by atoms with van der Waals surface area (Å²) in [5.74, 6) is -0.670. The van der Waals surface area contributed by atoms with Gasteiger partial charge in [0.1, 0.15) is 0 Å². The highest BCUT2D eigenvalue weighted by atomic mass is 32.2. The van der Waals surface area contributed by atoms with E-state index >= 15 is 0 Å². The average Bonchev–Trinajstić information content (AvgIpc) is 2.71. The molecule has 0 saturated carbocycles. The molecule has 0 heterocycles. The van der Waals surface area contributed by atoms with Gasteiger partial charge in [-0.1, -0.05) is 31.2 Å². The number of nitrogens with zero attached hydrogens (tertiary/aromatic N) is 1. The Morgan fingerprint density at radius 1 is 1.06 bits per heavy atom. The lowest BCUT2D eigenvalue weighted by atomic mass is 10.1.